The largest absolute Gasteiger partial charge is 0.338 e. The van der Waals surface area contributed by atoms with Crippen LogP contribution < -0.4 is 0 Å². The molecule has 2 bridgehead atoms. The normalized spacial score (nSPS) is 28.4. The highest BCUT2D eigenvalue weighted by Gasteiger charge is 2.47. The SMILES string of the molecule is N#Cc1ccc(C(=O)N2C[C@H]3C[C@@H](C2)[C@H](Cc2ccccc2)N2CCCC[C@@H]32)cn1. The van der Waals surface area contributed by atoms with Crippen LogP contribution >= 0.6 is 0 Å². The highest BCUT2D eigenvalue weighted by atomic mass is 16.2. The van der Waals surface area contributed by atoms with Crippen molar-refractivity contribution in [3.8, 4) is 6.07 Å². The molecule has 3 aliphatic rings. The molecule has 0 radical (unpaired) electrons. The second-order valence-corrected chi connectivity index (χ2v) is 9.07. The Kier molecular flexibility index (Phi) is 5.26. The number of carbonyl (C=O) groups excluding carboxylic acids is 1. The number of pyridine rings is 1. The maximum absolute atomic E-state index is 13.2. The van der Waals surface area contributed by atoms with Crippen molar-refractivity contribution in [2.45, 2.75) is 44.2 Å². The number of likely N-dealkylation sites (tertiary alicyclic amines) is 1. The Morgan fingerprint density at radius 3 is 2.70 bits per heavy atom. The van der Waals surface area contributed by atoms with Gasteiger partial charge >= 0.3 is 0 Å². The number of fused-ring (bicyclic) bond motifs is 4. The zero-order chi connectivity index (χ0) is 20.5. The first-order valence-corrected chi connectivity index (χ1v) is 11.2. The lowest BCUT2D eigenvalue weighted by Gasteiger charge is -2.57. The van der Waals surface area contributed by atoms with E-state index in [2.05, 4.69) is 45.1 Å². The average Bonchev–Trinajstić information content (AvgIpc) is 2.82. The van der Waals surface area contributed by atoms with Gasteiger partial charge in [-0.25, -0.2) is 4.98 Å². The minimum atomic E-state index is 0.0596. The maximum atomic E-state index is 13.2. The summed E-state index contributed by atoms with van der Waals surface area (Å²) in [5, 5.41) is 8.97. The van der Waals surface area contributed by atoms with Crippen LogP contribution in [0.4, 0.5) is 0 Å². The summed E-state index contributed by atoms with van der Waals surface area (Å²) in [7, 11) is 0. The fourth-order valence-electron chi connectivity index (χ4n) is 5.98. The van der Waals surface area contributed by atoms with Crippen LogP contribution in [0.2, 0.25) is 0 Å². The van der Waals surface area contributed by atoms with Crippen molar-refractivity contribution in [1.82, 2.24) is 14.8 Å². The summed E-state index contributed by atoms with van der Waals surface area (Å²) in [5.41, 5.74) is 2.34. The molecule has 3 saturated heterocycles. The molecule has 5 rings (SSSR count). The molecule has 1 aromatic heterocycles. The topological polar surface area (TPSA) is 60.2 Å². The molecule has 0 aliphatic carbocycles. The van der Waals surface area contributed by atoms with Gasteiger partial charge in [0.25, 0.3) is 5.91 Å². The van der Waals surface area contributed by atoms with Crippen LogP contribution in [0.5, 0.6) is 0 Å². The second kappa shape index (κ2) is 8.20. The molecule has 1 amide bonds. The number of nitriles is 1. The molecule has 4 heterocycles. The summed E-state index contributed by atoms with van der Waals surface area (Å²) in [6, 6.07) is 17.3. The molecular formula is C25H28N4O. The van der Waals surface area contributed by atoms with Crippen LogP contribution in [0.25, 0.3) is 0 Å². The van der Waals surface area contributed by atoms with Crippen LogP contribution in [-0.2, 0) is 6.42 Å². The zero-order valence-electron chi connectivity index (χ0n) is 17.3. The third-order valence-corrected chi connectivity index (χ3v) is 7.32. The van der Waals surface area contributed by atoms with Crippen molar-refractivity contribution >= 4 is 5.91 Å². The fraction of sp³-hybridized carbons (Fsp3) is 0.480. The quantitative estimate of drug-likeness (QED) is 0.791. The van der Waals surface area contributed by atoms with Gasteiger partial charge in [-0.2, -0.15) is 5.26 Å². The van der Waals surface area contributed by atoms with E-state index in [0.29, 0.717) is 35.2 Å². The van der Waals surface area contributed by atoms with Gasteiger partial charge in [0.15, 0.2) is 0 Å². The van der Waals surface area contributed by atoms with Gasteiger partial charge in [0.1, 0.15) is 11.8 Å². The van der Waals surface area contributed by atoms with Crippen LogP contribution in [0.1, 0.15) is 47.3 Å². The van der Waals surface area contributed by atoms with Crippen molar-refractivity contribution in [2.75, 3.05) is 19.6 Å². The molecular weight excluding hydrogens is 372 g/mol. The number of aromatic nitrogens is 1. The molecule has 0 spiro atoms. The Bertz CT molecular complexity index is 936. The average molecular weight is 401 g/mol. The van der Waals surface area contributed by atoms with Gasteiger partial charge in [0.05, 0.1) is 5.56 Å². The molecule has 5 heteroatoms. The molecule has 3 aliphatic heterocycles. The third-order valence-electron chi connectivity index (χ3n) is 7.32. The number of hydrogen-bond donors (Lipinski definition) is 0. The fourth-order valence-corrected chi connectivity index (χ4v) is 5.98. The number of nitrogens with zero attached hydrogens (tertiary/aromatic N) is 4. The zero-order valence-corrected chi connectivity index (χ0v) is 17.3. The monoisotopic (exact) mass is 400 g/mol. The van der Waals surface area contributed by atoms with E-state index < -0.39 is 0 Å². The van der Waals surface area contributed by atoms with Crippen molar-refractivity contribution in [3.05, 3.63) is 65.5 Å². The first kappa shape index (κ1) is 19.3. The van der Waals surface area contributed by atoms with Gasteiger partial charge in [-0.05, 0) is 61.8 Å². The molecule has 30 heavy (non-hydrogen) atoms. The van der Waals surface area contributed by atoms with Gasteiger partial charge < -0.3 is 4.90 Å². The summed E-state index contributed by atoms with van der Waals surface area (Å²) in [4.78, 5) is 22.2. The Balaban J connectivity index is 1.39. The first-order valence-electron chi connectivity index (χ1n) is 11.2. The minimum absolute atomic E-state index is 0.0596. The number of carbonyl (C=O) groups is 1. The summed E-state index contributed by atoms with van der Waals surface area (Å²) in [5.74, 6) is 1.13. The molecule has 5 nitrogen and oxygen atoms in total. The predicted molar refractivity (Wildman–Crippen MR) is 115 cm³/mol. The van der Waals surface area contributed by atoms with Crippen molar-refractivity contribution in [1.29, 1.82) is 5.26 Å². The molecule has 3 fully saturated rings. The number of amides is 1. The van der Waals surface area contributed by atoms with Crippen LogP contribution in [0.3, 0.4) is 0 Å². The number of hydrogen-bond acceptors (Lipinski definition) is 4. The first-order chi connectivity index (χ1) is 14.7. The summed E-state index contributed by atoms with van der Waals surface area (Å²) in [6.07, 6.45) is 7.70. The summed E-state index contributed by atoms with van der Waals surface area (Å²) < 4.78 is 0. The van der Waals surface area contributed by atoms with Gasteiger partial charge in [0, 0.05) is 31.4 Å². The van der Waals surface area contributed by atoms with E-state index in [9.17, 15) is 4.79 Å². The van der Waals surface area contributed by atoms with Gasteiger partial charge in [-0.15, -0.1) is 0 Å². The molecule has 4 atom stereocenters. The molecule has 0 N–H and O–H groups in total. The second-order valence-electron chi connectivity index (χ2n) is 9.07. The van der Waals surface area contributed by atoms with E-state index >= 15 is 0 Å². The van der Waals surface area contributed by atoms with Gasteiger partial charge in [-0.1, -0.05) is 36.8 Å². The van der Waals surface area contributed by atoms with Crippen LogP contribution in [0, 0.1) is 23.2 Å². The van der Waals surface area contributed by atoms with Gasteiger partial charge in [-0.3, -0.25) is 9.69 Å². The Hall–Kier alpha value is -2.71. The van der Waals surface area contributed by atoms with E-state index in [1.807, 2.05) is 6.07 Å². The summed E-state index contributed by atoms with van der Waals surface area (Å²) >= 11 is 0. The van der Waals surface area contributed by atoms with Crippen LogP contribution in [-0.4, -0.2) is 52.4 Å². The Morgan fingerprint density at radius 1 is 1.10 bits per heavy atom. The lowest BCUT2D eigenvalue weighted by molar-refractivity contribution is -0.0642. The highest BCUT2D eigenvalue weighted by Crippen LogP contribution is 2.42. The highest BCUT2D eigenvalue weighted by molar-refractivity contribution is 5.94. The molecule has 0 unspecified atom stereocenters. The van der Waals surface area contributed by atoms with Crippen molar-refractivity contribution in [3.63, 3.8) is 0 Å². The van der Waals surface area contributed by atoms with E-state index in [0.717, 1.165) is 19.5 Å². The van der Waals surface area contributed by atoms with Crippen molar-refractivity contribution < 1.29 is 4.79 Å². The summed E-state index contributed by atoms with van der Waals surface area (Å²) in [6.45, 7) is 2.85. The Labute approximate surface area is 178 Å². The van der Waals surface area contributed by atoms with E-state index in [1.54, 1.807) is 18.3 Å². The van der Waals surface area contributed by atoms with Crippen molar-refractivity contribution in [2.24, 2.45) is 11.8 Å². The minimum Gasteiger partial charge on any atom is -0.338 e. The number of rotatable bonds is 3. The van der Waals surface area contributed by atoms with E-state index in [1.165, 1.54) is 37.8 Å². The third kappa shape index (κ3) is 3.61. The lowest BCUT2D eigenvalue weighted by atomic mass is 9.71. The lowest BCUT2D eigenvalue weighted by Crippen LogP contribution is -2.64. The number of piperidine rings is 3. The van der Waals surface area contributed by atoms with Crippen LogP contribution in [0.15, 0.2) is 48.7 Å². The molecule has 1 aromatic carbocycles. The number of benzene rings is 1. The maximum Gasteiger partial charge on any atom is 0.255 e. The molecule has 0 saturated carbocycles. The van der Waals surface area contributed by atoms with E-state index in [4.69, 9.17) is 5.26 Å². The van der Waals surface area contributed by atoms with E-state index in [-0.39, 0.29) is 5.91 Å². The standard InChI is InChI=1S/C25H28N4O/c26-14-22-10-9-19(15-27-22)25(30)28-16-20-13-21(17-28)24(12-18-6-2-1-3-7-18)29-11-5-4-8-23(20)29/h1-3,6-7,9-10,15,20-21,23-24H,4-5,8,11-13,16-17H2/t20-,21+,23+,24+/m1/s1. The molecule has 154 valence electrons. The predicted octanol–water partition coefficient (Wildman–Crippen LogP) is 3.51. The van der Waals surface area contributed by atoms with Gasteiger partial charge in [0.2, 0.25) is 0 Å². The molecule has 2 aromatic rings. The Morgan fingerprint density at radius 2 is 1.93 bits per heavy atom. The smallest absolute Gasteiger partial charge is 0.255 e.